The van der Waals surface area contributed by atoms with Crippen molar-refractivity contribution in [1.29, 1.82) is 0 Å². The van der Waals surface area contributed by atoms with Gasteiger partial charge in [-0.3, -0.25) is 4.79 Å². The van der Waals surface area contributed by atoms with Gasteiger partial charge in [0.05, 0.1) is 32.7 Å². The van der Waals surface area contributed by atoms with Gasteiger partial charge in [-0.1, -0.05) is 29.3 Å². The summed E-state index contributed by atoms with van der Waals surface area (Å²) in [6.45, 7) is 7.06. The molecule has 2 saturated carbocycles. The van der Waals surface area contributed by atoms with E-state index in [1.807, 2.05) is 17.7 Å². The fraction of sp³-hybridized carbons (Fsp3) is 0.545. The summed E-state index contributed by atoms with van der Waals surface area (Å²) in [7, 11) is 1.85. The van der Waals surface area contributed by atoms with E-state index in [0.717, 1.165) is 30.6 Å². The highest BCUT2D eigenvalue weighted by atomic mass is 35.5. The number of halogens is 5. The predicted octanol–water partition coefficient (Wildman–Crippen LogP) is 7.36. The molecule has 2 heterocycles. The Hall–Kier alpha value is -3.22. The third-order valence-corrected chi connectivity index (χ3v) is 10.4. The molecular weight excluding hydrogens is 656 g/mol. The van der Waals surface area contributed by atoms with Gasteiger partial charge in [-0.25, -0.2) is 9.78 Å². The van der Waals surface area contributed by atoms with E-state index in [2.05, 4.69) is 21.3 Å². The van der Waals surface area contributed by atoms with Crippen molar-refractivity contribution in [3.8, 4) is 0 Å². The minimum atomic E-state index is -4.21. The number of hydrogen-bond acceptors (Lipinski definition) is 6. The van der Waals surface area contributed by atoms with Gasteiger partial charge in [0, 0.05) is 37.2 Å². The fourth-order valence-electron chi connectivity index (χ4n) is 6.98. The molecule has 3 fully saturated rings. The molecule has 3 aromatic rings. The summed E-state index contributed by atoms with van der Waals surface area (Å²) in [4.78, 5) is 30.8. The SMILES string of the molecule is Cn1c(Nc2c(Cl)ccc(CNC(=O)OC(C)(C)C)c2Cl)nc2cc(C(=O)NC3CCC(C(F)(F)F)CC3)c(C34CNCC3C4)cc21. The molecule has 2 atom stereocenters. The third-order valence-electron chi connectivity index (χ3n) is 9.62. The van der Waals surface area contributed by atoms with Crippen LogP contribution in [0, 0.1) is 11.8 Å². The van der Waals surface area contributed by atoms with Crippen LogP contribution in [0.4, 0.5) is 29.6 Å². The number of piperidine rings is 1. The summed E-state index contributed by atoms with van der Waals surface area (Å²) in [5.41, 5.74) is 2.98. The van der Waals surface area contributed by atoms with E-state index in [9.17, 15) is 22.8 Å². The maximum Gasteiger partial charge on any atom is 0.407 e. The Morgan fingerprint density at radius 3 is 2.47 bits per heavy atom. The third kappa shape index (κ3) is 6.87. The molecule has 254 valence electrons. The summed E-state index contributed by atoms with van der Waals surface area (Å²) in [6.07, 6.45) is -3.24. The largest absolute Gasteiger partial charge is 0.444 e. The van der Waals surface area contributed by atoms with Gasteiger partial charge in [0.1, 0.15) is 5.60 Å². The average Bonchev–Trinajstić information content (AvgIpc) is 3.40. The minimum absolute atomic E-state index is 0.00886. The lowest BCUT2D eigenvalue weighted by Crippen LogP contribution is -2.40. The highest BCUT2D eigenvalue weighted by molar-refractivity contribution is 6.39. The van der Waals surface area contributed by atoms with Gasteiger partial charge in [-0.05, 0) is 94.7 Å². The van der Waals surface area contributed by atoms with Crippen LogP contribution in [0.5, 0.6) is 0 Å². The van der Waals surface area contributed by atoms with Crippen molar-refractivity contribution >= 4 is 57.9 Å². The van der Waals surface area contributed by atoms with Crippen molar-refractivity contribution < 1.29 is 27.5 Å². The monoisotopic (exact) mass is 694 g/mol. The first-order valence-corrected chi connectivity index (χ1v) is 16.6. The number of alkyl carbamates (subject to hydrolysis) is 1. The summed E-state index contributed by atoms with van der Waals surface area (Å²) >= 11 is 13.3. The van der Waals surface area contributed by atoms with E-state index >= 15 is 0 Å². The number of anilines is 2. The number of nitrogens with one attached hydrogen (secondary N) is 4. The Labute approximate surface area is 281 Å². The lowest BCUT2D eigenvalue weighted by Gasteiger charge is -2.30. The molecular formula is C33H39Cl2F3N6O3. The Kier molecular flexibility index (Phi) is 8.84. The van der Waals surface area contributed by atoms with Crippen LogP contribution in [0.25, 0.3) is 11.0 Å². The molecule has 0 bridgehead atoms. The van der Waals surface area contributed by atoms with Gasteiger partial charge in [0.2, 0.25) is 5.95 Å². The lowest BCUT2D eigenvalue weighted by molar-refractivity contribution is -0.182. The van der Waals surface area contributed by atoms with Crippen LogP contribution in [0.1, 0.15) is 74.4 Å². The Balaban J connectivity index is 1.27. The Morgan fingerprint density at radius 2 is 1.85 bits per heavy atom. The Morgan fingerprint density at radius 1 is 1.13 bits per heavy atom. The van der Waals surface area contributed by atoms with Crippen LogP contribution < -0.4 is 21.3 Å². The highest BCUT2D eigenvalue weighted by Gasteiger charge is 2.59. The predicted molar refractivity (Wildman–Crippen MR) is 175 cm³/mol. The number of carbonyl (C=O) groups is 2. The number of aromatic nitrogens is 2. The molecule has 1 aliphatic heterocycles. The summed E-state index contributed by atoms with van der Waals surface area (Å²) in [6, 6.07) is 6.86. The molecule has 0 radical (unpaired) electrons. The summed E-state index contributed by atoms with van der Waals surface area (Å²) in [5, 5.41) is 13.1. The van der Waals surface area contributed by atoms with Crippen molar-refractivity contribution in [3.05, 3.63) is 51.0 Å². The van der Waals surface area contributed by atoms with Crippen LogP contribution in [-0.2, 0) is 23.7 Å². The average molecular weight is 696 g/mol. The maximum absolute atomic E-state index is 13.8. The van der Waals surface area contributed by atoms with Crippen molar-refractivity contribution in [2.75, 3.05) is 18.4 Å². The van der Waals surface area contributed by atoms with Crippen LogP contribution in [0.15, 0.2) is 24.3 Å². The molecule has 1 aromatic heterocycles. The standard InChI is InChI=1S/C33H39Cl2F3N6O3/c1-31(2,3)47-30(46)40-14-17-5-10-23(34)27(26(17)35)43-29-42-24-11-21(28(45)41-20-8-6-18(7-9-20)33(36,37)38)22(12-25(24)44(29)4)32-13-19(32)15-39-16-32/h5,10-12,18-20,39H,6-9,13-16H2,1-4H3,(H,40,46)(H,41,45)(H,42,43). The summed E-state index contributed by atoms with van der Waals surface area (Å²) < 4.78 is 46.9. The summed E-state index contributed by atoms with van der Waals surface area (Å²) in [5.74, 6) is -0.763. The van der Waals surface area contributed by atoms with E-state index in [1.54, 1.807) is 39.0 Å². The minimum Gasteiger partial charge on any atom is -0.444 e. The second-order valence-electron chi connectivity index (χ2n) is 14.0. The van der Waals surface area contributed by atoms with Crippen LogP contribution in [0.3, 0.4) is 0 Å². The molecule has 9 nitrogen and oxygen atoms in total. The molecule has 47 heavy (non-hydrogen) atoms. The normalized spacial score (nSPS) is 24.1. The van der Waals surface area contributed by atoms with Crippen LogP contribution in [-0.4, -0.2) is 52.5 Å². The molecule has 2 aromatic carbocycles. The number of nitrogens with zero attached hydrogens (tertiary/aromatic N) is 2. The number of amides is 2. The Bertz CT molecular complexity index is 1710. The molecule has 2 amide bonds. The van der Waals surface area contributed by atoms with E-state index in [1.165, 1.54) is 0 Å². The number of hydrogen-bond donors (Lipinski definition) is 4. The first kappa shape index (κ1) is 33.7. The van der Waals surface area contributed by atoms with E-state index in [0.29, 0.717) is 44.2 Å². The number of aryl methyl sites for hydroxylation is 1. The smallest absolute Gasteiger partial charge is 0.407 e. The number of imidazole rings is 1. The zero-order valence-electron chi connectivity index (χ0n) is 26.7. The fourth-order valence-corrected chi connectivity index (χ4v) is 7.51. The topological polar surface area (TPSA) is 109 Å². The van der Waals surface area contributed by atoms with E-state index in [-0.39, 0.29) is 49.6 Å². The second kappa shape index (κ2) is 12.3. The van der Waals surface area contributed by atoms with E-state index in [4.69, 9.17) is 32.9 Å². The zero-order chi connectivity index (χ0) is 33.9. The molecule has 0 spiro atoms. The molecule has 3 aliphatic rings. The maximum atomic E-state index is 13.8. The number of alkyl halides is 3. The zero-order valence-corrected chi connectivity index (χ0v) is 28.2. The molecule has 2 unspecified atom stereocenters. The van der Waals surface area contributed by atoms with Crippen LogP contribution >= 0.6 is 23.2 Å². The van der Waals surface area contributed by atoms with Crippen molar-refractivity contribution in [2.45, 2.75) is 82.7 Å². The highest BCUT2D eigenvalue weighted by Crippen LogP contribution is 2.57. The number of benzene rings is 2. The van der Waals surface area contributed by atoms with E-state index < -0.39 is 23.8 Å². The van der Waals surface area contributed by atoms with Crippen molar-refractivity contribution in [1.82, 2.24) is 25.5 Å². The first-order valence-electron chi connectivity index (χ1n) is 15.9. The van der Waals surface area contributed by atoms with Gasteiger partial charge >= 0.3 is 12.3 Å². The van der Waals surface area contributed by atoms with Gasteiger partial charge in [-0.15, -0.1) is 0 Å². The van der Waals surface area contributed by atoms with Crippen LogP contribution in [0.2, 0.25) is 10.0 Å². The van der Waals surface area contributed by atoms with Gasteiger partial charge in [0.15, 0.2) is 0 Å². The number of ether oxygens (including phenoxy) is 1. The number of fused-ring (bicyclic) bond motifs is 2. The van der Waals surface area contributed by atoms with Crippen molar-refractivity contribution in [3.63, 3.8) is 0 Å². The molecule has 14 heteroatoms. The van der Waals surface area contributed by atoms with Crippen molar-refractivity contribution in [2.24, 2.45) is 18.9 Å². The molecule has 4 N–H and O–H groups in total. The number of carbonyl (C=O) groups excluding carboxylic acids is 2. The lowest BCUT2D eigenvalue weighted by atomic mass is 9.85. The first-order chi connectivity index (χ1) is 22.1. The number of rotatable bonds is 7. The van der Waals surface area contributed by atoms with Gasteiger partial charge in [0.25, 0.3) is 5.91 Å². The second-order valence-corrected chi connectivity index (χ2v) is 14.8. The van der Waals surface area contributed by atoms with Gasteiger partial charge < -0.3 is 30.6 Å². The quantitative estimate of drug-likeness (QED) is 0.206. The molecule has 6 rings (SSSR count). The molecule has 1 saturated heterocycles. The molecule has 2 aliphatic carbocycles. The van der Waals surface area contributed by atoms with Gasteiger partial charge in [-0.2, -0.15) is 13.2 Å².